The average molecular weight is 438 g/mol. The van der Waals surface area contributed by atoms with Gasteiger partial charge < -0.3 is 20.4 Å². The molecule has 1 aliphatic rings. The molecule has 8 nitrogen and oxygen atoms in total. The smallest absolute Gasteiger partial charge is 0.317 e. The molecule has 31 heavy (non-hydrogen) atoms. The van der Waals surface area contributed by atoms with Crippen LogP contribution < -0.4 is 15.5 Å². The molecule has 3 aromatic heterocycles. The summed E-state index contributed by atoms with van der Waals surface area (Å²) in [5.41, 5.74) is 2.02. The Bertz CT molecular complexity index is 1050. The molecule has 1 aliphatic heterocycles. The Morgan fingerprint density at radius 1 is 1.19 bits per heavy atom. The van der Waals surface area contributed by atoms with Gasteiger partial charge in [0, 0.05) is 45.6 Å². The number of thiazole rings is 1. The first-order valence-corrected chi connectivity index (χ1v) is 11.2. The largest absolute Gasteiger partial charge is 0.348 e. The van der Waals surface area contributed by atoms with Crippen molar-refractivity contribution in [2.24, 2.45) is 0 Å². The van der Waals surface area contributed by atoms with Gasteiger partial charge in [-0.05, 0) is 49.6 Å². The van der Waals surface area contributed by atoms with E-state index in [0.717, 1.165) is 58.8 Å². The van der Waals surface area contributed by atoms with Crippen molar-refractivity contribution in [3.8, 4) is 10.6 Å². The lowest BCUT2D eigenvalue weighted by atomic mass is 10.0. The van der Waals surface area contributed by atoms with Crippen LogP contribution in [0, 0.1) is 6.92 Å². The maximum atomic E-state index is 11.8. The monoisotopic (exact) mass is 437 g/mol. The molecule has 2 amide bonds. The number of carbonyl (C=O) groups excluding carboxylic acids is 1. The maximum Gasteiger partial charge on any atom is 0.317 e. The number of hydrogen-bond donors (Lipinski definition) is 2. The zero-order valence-corrected chi connectivity index (χ0v) is 18.8. The number of piperidine rings is 1. The van der Waals surface area contributed by atoms with E-state index in [4.69, 9.17) is 4.98 Å². The number of anilines is 3. The quantitative estimate of drug-likeness (QED) is 0.630. The van der Waals surface area contributed by atoms with E-state index in [1.165, 1.54) is 0 Å². The number of nitrogens with one attached hydrogen (secondary N) is 2. The van der Waals surface area contributed by atoms with Gasteiger partial charge in [0.1, 0.15) is 11.6 Å². The van der Waals surface area contributed by atoms with Crippen molar-refractivity contribution >= 4 is 34.1 Å². The van der Waals surface area contributed by atoms with Gasteiger partial charge in [0.25, 0.3) is 0 Å². The molecule has 4 heterocycles. The van der Waals surface area contributed by atoms with Crippen LogP contribution in [-0.4, -0.2) is 59.1 Å². The van der Waals surface area contributed by atoms with Crippen LogP contribution in [0.15, 0.2) is 42.7 Å². The molecule has 2 N–H and O–H groups in total. The number of nitrogens with zero attached hydrogens (tertiary/aromatic N) is 5. The van der Waals surface area contributed by atoms with Crippen LogP contribution in [0.4, 0.5) is 21.6 Å². The predicted octanol–water partition coefficient (Wildman–Crippen LogP) is 3.89. The number of urea groups is 1. The fraction of sp³-hybridized carbons (Fsp3) is 0.364. The Hall–Kier alpha value is -3.20. The summed E-state index contributed by atoms with van der Waals surface area (Å²) in [5, 5.41) is 6.94. The van der Waals surface area contributed by atoms with E-state index >= 15 is 0 Å². The van der Waals surface area contributed by atoms with Gasteiger partial charge in [0.05, 0.1) is 10.6 Å². The Labute approximate surface area is 186 Å². The number of carbonyl (C=O) groups is 1. The highest BCUT2D eigenvalue weighted by Gasteiger charge is 2.26. The van der Waals surface area contributed by atoms with Crippen molar-refractivity contribution in [2.75, 3.05) is 37.4 Å². The minimum atomic E-state index is -0.00179. The Morgan fingerprint density at radius 2 is 2.00 bits per heavy atom. The zero-order valence-electron chi connectivity index (χ0n) is 18.0. The minimum Gasteiger partial charge on any atom is -0.348 e. The van der Waals surface area contributed by atoms with Crippen molar-refractivity contribution in [3.05, 3.63) is 48.3 Å². The molecule has 0 unspecified atom stereocenters. The van der Waals surface area contributed by atoms with Crippen molar-refractivity contribution in [1.29, 1.82) is 0 Å². The van der Waals surface area contributed by atoms with Gasteiger partial charge in [0.2, 0.25) is 0 Å². The first-order chi connectivity index (χ1) is 15.0. The molecule has 0 bridgehead atoms. The Morgan fingerprint density at radius 3 is 2.74 bits per heavy atom. The molecule has 1 saturated heterocycles. The third-order valence-corrected chi connectivity index (χ3v) is 6.59. The van der Waals surface area contributed by atoms with Crippen LogP contribution in [0.2, 0.25) is 0 Å². The number of aryl methyl sites for hydroxylation is 1. The molecule has 0 atom stereocenters. The van der Waals surface area contributed by atoms with Crippen LogP contribution in [0.5, 0.6) is 0 Å². The third kappa shape index (κ3) is 4.93. The second kappa shape index (κ2) is 9.30. The van der Waals surface area contributed by atoms with E-state index in [2.05, 4.69) is 32.5 Å². The Balaban J connectivity index is 1.43. The van der Waals surface area contributed by atoms with Crippen LogP contribution in [0.1, 0.15) is 18.4 Å². The Kier molecular flexibility index (Phi) is 6.31. The maximum absolute atomic E-state index is 11.8. The van der Waals surface area contributed by atoms with Crippen molar-refractivity contribution < 1.29 is 4.79 Å². The summed E-state index contributed by atoms with van der Waals surface area (Å²) in [5.74, 6) is 1.53. The molecule has 1 fully saturated rings. The van der Waals surface area contributed by atoms with Crippen LogP contribution in [0.25, 0.3) is 10.6 Å². The zero-order chi connectivity index (χ0) is 21.8. The molecule has 0 aliphatic carbocycles. The number of hydrogen-bond acceptors (Lipinski definition) is 7. The fourth-order valence-electron chi connectivity index (χ4n) is 3.69. The van der Waals surface area contributed by atoms with Gasteiger partial charge in [-0.15, -0.1) is 0 Å². The van der Waals surface area contributed by atoms with Gasteiger partial charge in [-0.2, -0.15) is 0 Å². The summed E-state index contributed by atoms with van der Waals surface area (Å²) in [6.07, 6.45) is 5.53. The first kappa shape index (κ1) is 21.0. The third-order valence-electron chi connectivity index (χ3n) is 5.48. The topological polar surface area (TPSA) is 86.3 Å². The lowest BCUT2D eigenvalue weighted by molar-refractivity contribution is 0.183. The average Bonchev–Trinajstić information content (AvgIpc) is 3.29. The normalized spacial score (nSPS) is 14.4. The van der Waals surface area contributed by atoms with Crippen LogP contribution >= 0.6 is 11.3 Å². The van der Waals surface area contributed by atoms with Crippen molar-refractivity contribution in [3.63, 3.8) is 0 Å². The van der Waals surface area contributed by atoms with E-state index in [1.807, 2.05) is 48.4 Å². The molecule has 0 aromatic carbocycles. The highest BCUT2D eigenvalue weighted by Crippen LogP contribution is 2.32. The van der Waals surface area contributed by atoms with Gasteiger partial charge >= 0.3 is 6.03 Å². The minimum absolute atomic E-state index is 0.00179. The molecule has 4 rings (SSSR count). The lowest BCUT2D eigenvalue weighted by Gasteiger charge is -2.36. The van der Waals surface area contributed by atoms with E-state index < -0.39 is 0 Å². The molecule has 0 spiro atoms. The first-order valence-electron chi connectivity index (χ1n) is 10.4. The highest BCUT2D eigenvalue weighted by atomic mass is 32.1. The number of rotatable bonds is 5. The summed E-state index contributed by atoms with van der Waals surface area (Å²) < 4.78 is 0. The van der Waals surface area contributed by atoms with Crippen LogP contribution in [-0.2, 0) is 0 Å². The van der Waals surface area contributed by atoms with Crippen molar-refractivity contribution in [1.82, 2.24) is 25.2 Å². The van der Waals surface area contributed by atoms with E-state index in [1.54, 1.807) is 24.6 Å². The second-order valence-electron chi connectivity index (χ2n) is 7.64. The molecular formula is C22H27N7OS. The molecule has 0 radical (unpaired) electrons. The summed E-state index contributed by atoms with van der Waals surface area (Å²) in [6.45, 7) is 3.55. The van der Waals surface area contributed by atoms with Gasteiger partial charge in [0.15, 0.2) is 5.13 Å². The van der Waals surface area contributed by atoms with Gasteiger partial charge in [-0.25, -0.2) is 19.7 Å². The number of likely N-dealkylation sites (tertiary alicyclic amines) is 1. The van der Waals surface area contributed by atoms with Crippen LogP contribution in [0.3, 0.4) is 0 Å². The molecule has 3 aromatic rings. The summed E-state index contributed by atoms with van der Waals surface area (Å²) >= 11 is 1.63. The summed E-state index contributed by atoms with van der Waals surface area (Å²) in [4.78, 5) is 30.6. The van der Waals surface area contributed by atoms with Crippen molar-refractivity contribution in [2.45, 2.75) is 25.8 Å². The van der Waals surface area contributed by atoms with Gasteiger partial charge in [-0.3, -0.25) is 0 Å². The molecule has 162 valence electrons. The lowest BCUT2D eigenvalue weighted by Crippen LogP contribution is -2.48. The summed E-state index contributed by atoms with van der Waals surface area (Å²) in [7, 11) is 3.76. The predicted molar refractivity (Wildman–Crippen MR) is 125 cm³/mol. The van der Waals surface area contributed by atoms with E-state index in [0.29, 0.717) is 6.04 Å². The van der Waals surface area contributed by atoms with E-state index in [9.17, 15) is 4.79 Å². The summed E-state index contributed by atoms with van der Waals surface area (Å²) in [6, 6.07) is 10.2. The standard InChI is InChI=1S/C22H27N7OS/c1-15-7-10-24-20(13-15)27-19-6-4-5-17(26-19)18-14-25-22(31-18)28(3)16-8-11-29(12-9-16)21(30)23-2/h4-7,10,13-14,16H,8-9,11-12H2,1-3H3,(H,23,30)(H,24,26,27). The van der Waals surface area contributed by atoms with Gasteiger partial charge in [-0.1, -0.05) is 17.4 Å². The number of pyridine rings is 2. The van der Waals surface area contributed by atoms with E-state index in [-0.39, 0.29) is 6.03 Å². The highest BCUT2D eigenvalue weighted by molar-refractivity contribution is 7.18. The number of amides is 2. The SMILES string of the molecule is CNC(=O)N1CCC(N(C)c2ncc(-c3cccc(Nc4cc(C)ccn4)n3)s2)CC1. The molecular weight excluding hydrogens is 410 g/mol. The fourth-order valence-corrected chi connectivity index (χ4v) is 4.61. The molecule has 9 heteroatoms. The number of aromatic nitrogens is 3. The molecule has 0 saturated carbocycles. The second-order valence-corrected chi connectivity index (χ2v) is 8.65.